The Balaban J connectivity index is 1.96. The van der Waals surface area contributed by atoms with Gasteiger partial charge in [0.25, 0.3) is 0 Å². The highest BCUT2D eigenvalue weighted by Gasteiger charge is 1.94. The van der Waals surface area contributed by atoms with Gasteiger partial charge in [-0.3, -0.25) is 0 Å². The lowest BCUT2D eigenvalue weighted by Crippen LogP contribution is -1.90. The van der Waals surface area contributed by atoms with Crippen molar-refractivity contribution in [2.24, 2.45) is 0 Å². The minimum absolute atomic E-state index is 1.03. The van der Waals surface area contributed by atoms with E-state index in [2.05, 4.69) is 55.1 Å². The molecule has 0 aliphatic carbocycles. The summed E-state index contributed by atoms with van der Waals surface area (Å²) in [4.78, 5) is 1.03. The van der Waals surface area contributed by atoms with Gasteiger partial charge in [0.15, 0.2) is 0 Å². The van der Waals surface area contributed by atoms with Gasteiger partial charge in [-0.1, -0.05) is 42.5 Å². The van der Waals surface area contributed by atoms with E-state index in [-0.39, 0.29) is 0 Å². The molecule has 0 N–H and O–H groups in total. The van der Waals surface area contributed by atoms with Gasteiger partial charge in [-0.15, -0.1) is 12.6 Å². The lowest BCUT2D eigenvalue weighted by Gasteiger charge is -2.02. The zero-order valence-electron chi connectivity index (χ0n) is 8.56. The minimum atomic E-state index is 1.03. The maximum Gasteiger partial charge on any atom is 0.00401 e. The molecule has 15 heavy (non-hydrogen) atoms. The molecule has 0 saturated carbocycles. The van der Waals surface area contributed by atoms with Crippen molar-refractivity contribution in [1.29, 1.82) is 0 Å². The van der Waals surface area contributed by atoms with Crippen LogP contribution in [0.2, 0.25) is 0 Å². The van der Waals surface area contributed by atoms with Crippen molar-refractivity contribution >= 4 is 12.6 Å². The Labute approximate surface area is 96.4 Å². The summed E-state index contributed by atoms with van der Waals surface area (Å²) in [6.45, 7) is 0. The van der Waals surface area contributed by atoms with E-state index < -0.39 is 0 Å². The zero-order chi connectivity index (χ0) is 10.5. The highest BCUT2D eigenvalue weighted by atomic mass is 32.1. The number of rotatable bonds is 3. The number of hydrogen-bond acceptors (Lipinski definition) is 1. The molecule has 2 aromatic rings. The Kier molecular flexibility index (Phi) is 3.46. The molecule has 0 amide bonds. The highest BCUT2D eigenvalue weighted by molar-refractivity contribution is 7.80. The molecular formula is C14H14S. The molecule has 0 atom stereocenters. The van der Waals surface area contributed by atoms with Gasteiger partial charge in [0.1, 0.15) is 0 Å². The molecule has 0 spiro atoms. The summed E-state index contributed by atoms with van der Waals surface area (Å²) in [5.41, 5.74) is 2.77. The maximum absolute atomic E-state index is 4.27. The second-order valence-corrected chi connectivity index (χ2v) is 4.17. The van der Waals surface area contributed by atoms with Crippen LogP contribution in [0, 0.1) is 0 Å². The molecule has 0 heterocycles. The van der Waals surface area contributed by atoms with Gasteiger partial charge < -0.3 is 0 Å². The van der Waals surface area contributed by atoms with E-state index in [0.29, 0.717) is 0 Å². The first kappa shape index (κ1) is 10.3. The largest absolute Gasteiger partial charge is 0.143 e. The molecule has 0 aromatic heterocycles. The Bertz CT molecular complexity index is 403. The molecule has 0 fully saturated rings. The smallest absolute Gasteiger partial charge is 0.00401 e. The fraction of sp³-hybridized carbons (Fsp3) is 0.143. The average molecular weight is 214 g/mol. The first-order valence-electron chi connectivity index (χ1n) is 5.16. The second kappa shape index (κ2) is 5.04. The van der Waals surface area contributed by atoms with Gasteiger partial charge in [0, 0.05) is 4.90 Å². The van der Waals surface area contributed by atoms with Crippen LogP contribution < -0.4 is 0 Å². The van der Waals surface area contributed by atoms with Crippen LogP contribution in [0.15, 0.2) is 59.5 Å². The van der Waals surface area contributed by atoms with E-state index in [1.54, 1.807) is 0 Å². The van der Waals surface area contributed by atoms with Crippen LogP contribution >= 0.6 is 12.6 Å². The lowest BCUT2D eigenvalue weighted by molar-refractivity contribution is 0.958. The molecule has 0 aliphatic heterocycles. The molecule has 1 heteroatoms. The fourth-order valence-corrected chi connectivity index (χ4v) is 1.75. The summed E-state index contributed by atoms with van der Waals surface area (Å²) in [6.07, 6.45) is 2.20. The van der Waals surface area contributed by atoms with E-state index >= 15 is 0 Å². The van der Waals surface area contributed by atoms with Gasteiger partial charge in [0.05, 0.1) is 0 Å². The molecule has 0 radical (unpaired) electrons. The molecule has 2 rings (SSSR count). The predicted octanol–water partition coefficient (Wildman–Crippen LogP) is 3.76. The third kappa shape index (κ3) is 3.14. The predicted molar refractivity (Wildman–Crippen MR) is 67.5 cm³/mol. The molecule has 0 bridgehead atoms. The quantitative estimate of drug-likeness (QED) is 0.739. The number of benzene rings is 2. The van der Waals surface area contributed by atoms with Crippen molar-refractivity contribution in [3.05, 3.63) is 65.7 Å². The van der Waals surface area contributed by atoms with E-state index in [0.717, 1.165) is 17.7 Å². The van der Waals surface area contributed by atoms with Gasteiger partial charge in [-0.05, 0) is 36.1 Å². The summed E-state index contributed by atoms with van der Waals surface area (Å²) >= 11 is 4.27. The monoisotopic (exact) mass is 214 g/mol. The molecule has 0 saturated heterocycles. The topological polar surface area (TPSA) is 0 Å². The molecular weight excluding hydrogens is 200 g/mol. The van der Waals surface area contributed by atoms with E-state index in [1.165, 1.54) is 11.1 Å². The van der Waals surface area contributed by atoms with Crippen LogP contribution in [-0.4, -0.2) is 0 Å². The average Bonchev–Trinajstić information content (AvgIpc) is 2.30. The third-order valence-corrected chi connectivity index (χ3v) is 2.78. The minimum Gasteiger partial charge on any atom is -0.143 e. The van der Waals surface area contributed by atoms with Crippen molar-refractivity contribution in [2.45, 2.75) is 17.7 Å². The summed E-state index contributed by atoms with van der Waals surface area (Å²) in [5.74, 6) is 0. The molecule has 0 nitrogen and oxygen atoms in total. The molecule has 0 aliphatic rings. The Morgan fingerprint density at radius 1 is 0.667 bits per heavy atom. The van der Waals surface area contributed by atoms with Crippen LogP contribution in [-0.2, 0) is 12.8 Å². The van der Waals surface area contributed by atoms with Crippen molar-refractivity contribution in [3.8, 4) is 0 Å². The third-order valence-electron chi connectivity index (χ3n) is 2.48. The highest BCUT2D eigenvalue weighted by Crippen LogP contribution is 2.10. The van der Waals surface area contributed by atoms with Gasteiger partial charge in [0.2, 0.25) is 0 Å². The van der Waals surface area contributed by atoms with Crippen LogP contribution in [0.1, 0.15) is 11.1 Å². The number of hydrogen-bond donors (Lipinski definition) is 1. The summed E-state index contributed by atoms with van der Waals surface area (Å²) in [5, 5.41) is 0. The Morgan fingerprint density at radius 3 is 1.80 bits per heavy atom. The standard InChI is InChI=1S/C14H14S/c15-14-10-8-13(9-11-14)7-6-12-4-2-1-3-5-12/h1-5,8-11,15H,6-7H2. The summed E-state index contributed by atoms with van der Waals surface area (Å²) < 4.78 is 0. The van der Waals surface area contributed by atoms with Gasteiger partial charge in [-0.25, -0.2) is 0 Å². The van der Waals surface area contributed by atoms with Crippen LogP contribution in [0.5, 0.6) is 0 Å². The van der Waals surface area contributed by atoms with Crippen LogP contribution in [0.4, 0.5) is 0 Å². The van der Waals surface area contributed by atoms with Crippen LogP contribution in [0.25, 0.3) is 0 Å². The first-order valence-corrected chi connectivity index (χ1v) is 5.61. The first-order chi connectivity index (χ1) is 7.34. The zero-order valence-corrected chi connectivity index (χ0v) is 9.45. The van der Waals surface area contributed by atoms with Crippen molar-refractivity contribution in [1.82, 2.24) is 0 Å². The maximum atomic E-state index is 4.27. The van der Waals surface area contributed by atoms with E-state index in [1.807, 2.05) is 12.1 Å². The van der Waals surface area contributed by atoms with E-state index in [9.17, 15) is 0 Å². The molecule has 76 valence electrons. The normalized spacial score (nSPS) is 10.2. The lowest BCUT2D eigenvalue weighted by atomic mass is 10.0. The summed E-state index contributed by atoms with van der Waals surface area (Å²) in [6, 6.07) is 19.0. The Morgan fingerprint density at radius 2 is 1.20 bits per heavy atom. The molecule has 0 unspecified atom stereocenters. The van der Waals surface area contributed by atoms with Gasteiger partial charge in [-0.2, -0.15) is 0 Å². The van der Waals surface area contributed by atoms with Crippen molar-refractivity contribution < 1.29 is 0 Å². The van der Waals surface area contributed by atoms with Crippen LogP contribution in [0.3, 0.4) is 0 Å². The van der Waals surface area contributed by atoms with Gasteiger partial charge >= 0.3 is 0 Å². The number of thiol groups is 1. The molecule has 2 aromatic carbocycles. The second-order valence-electron chi connectivity index (χ2n) is 3.65. The van der Waals surface area contributed by atoms with Crippen molar-refractivity contribution in [2.75, 3.05) is 0 Å². The van der Waals surface area contributed by atoms with E-state index in [4.69, 9.17) is 0 Å². The summed E-state index contributed by atoms with van der Waals surface area (Å²) in [7, 11) is 0. The number of aryl methyl sites for hydroxylation is 2. The fourth-order valence-electron chi connectivity index (χ4n) is 1.60. The SMILES string of the molecule is Sc1ccc(CCc2ccccc2)cc1. The van der Waals surface area contributed by atoms with Crippen molar-refractivity contribution in [3.63, 3.8) is 0 Å². The Hall–Kier alpha value is -1.21.